The maximum absolute atomic E-state index is 10.2. The number of rotatable bonds is 4. The molecule has 112 valence electrons. The number of carbonyl (C=O) groups is 1. The van der Waals surface area contributed by atoms with E-state index in [1.165, 1.54) is 11.9 Å². The van der Waals surface area contributed by atoms with E-state index in [-0.39, 0.29) is 0 Å². The molecular weight excluding hydrogens is 284 g/mol. The average Bonchev–Trinajstić information content (AvgIpc) is 2.54. The normalized spacial score (nSPS) is 9.33. The van der Waals surface area contributed by atoms with Crippen LogP contribution in [0.2, 0.25) is 0 Å². The number of methoxy groups -OCH3 is 1. The van der Waals surface area contributed by atoms with Crippen molar-refractivity contribution in [2.75, 3.05) is 19.5 Å². The molecule has 0 fully saturated rings. The summed E-state index contributed by atoms with van der Waals surface area (Å²) in [5.41, 5.74) is 2.89. The van der Waals surface area contributed by atoms with Gasteiger partial charge in [-0.1, -0.05) is 23.8 Å². The smallest absolute Gasteiger partial charge is 0.150 e. The lowest BCUT2D eigenvalue weighted by atomic mass is 10.2. The average molecular weight is 304 g/mol. The topological polar surface area (TPSA) is 64.3 Å². The SMILES string of the molecule is CNc1ccc(SN)c(OC)c1.Cc1cccc(C=O)c1. The van der Waals surface area contributed by atoms with Crippen LogP contribution in [-0.4, -0.2) is 20.4 Å². The van der Waals surface area contributed by atoms with Crippen LogP contribution in [0.15, 0.2) is 47.4 Å². The van der Waals surface area contributed by atoms with Crippen molar-refractivity contribution in [1.82, 2.24) is 0 Å². The Bertz CT molecular complexity index is 588. The van der Waals surface area contributed by atoms with Gasteiger partial charge in [0.15, 0.2) is 0 Å². The summed E-state index contributed by atoms with van der Waals surface area (Å²) in [6.45, 7) is 1.97. The van der Waals surface area contributed by atoms with Crippen LogP contribution in [0.3, 0.4) is 0 Å². The molecule has 2 aromatic rings. The predicted molar refractivity (Wildman–Crippen MR) is 89.2 cm³/mol. The number of nitrogens with two attached hydrogens (primary N) is 1. The Balaban J connectivity index is 0.000000219. The van der Waals surface area contributed by atoms with Gasteiger partial charge in [0.1, 0.15) is 12.0 Å². The number of nitrogens with one attached hydrogen (secondary N) is 1. The third-order valence-corrected chi connectivity index (χ3v) is 3.35. The van der Waals surface area contributed by atoms with E-state index in [2.05, 4.69) is 5.32 Å². The molecule has 0 saturated carbocycles. The Morgan fingerprint density at radius 1 is 1.24 bits per heavy atom. The van der Waals surface area contributed by atoms with Crippen LogP contribution >= 0.6 is 11.9 Å². The van der Waals surface area contributed by atoms with Crippen molar-refractivity contribution in [3.8, 4) is 5.75 Å². The molecule has 0 aliphatic carbocycles. The number of hydrogen-bond acceptors (Lipinski definition) is 5. The molecule has 0 aliphatic heterocycles. The minimum absolute atomic E-state index is 0.745. The zero-order valence-corrected chi connectivity index (χ0v) is 13.2. The highest BCUT2D eigenvalue weighted by atomic mass is 32.2. The fraction of sp³-hybridized carbons (Fsp3) is 0.188. The lowest BCUT2D eigenvalue weighted by Gasteiger charge is -2.07. The Labute approximate surface area is 129 Å². The van der Waals surface area contributed by atoms with Crippen LogP contribution in [0, 0.1) is 6.92 Å². The van der Waals surface area contributed by atoms with Gasteiger partial charge in [0, 0.05) is 24.4 Å². The van der Waals surface area contributed by atoms with Crippen LogP contribution in [0.1, 0.15) is 15.9 Å². The molecule has 0 bridgehead atoms. The standard InChI is InChI=1S/C8H12N2OS.C8H8O/c1-10-6-3-4-8(12-9)7(5-6)11-2;1-7-3-2-4-8(5-7)6-9/h3-5,10H,9H2,1-2H3;2-6H,1H3. The van der Waals surface area contributed by atoms with Gasteiger partial charge < -0.3 is 10.1 Å². The Morgan fingerprint density at radius 3 is 2.48 bits per heavy atom. The zero-order chi connectivity index (χ0) is 15.7. The first-order valence-electron chi connectivity index (χ1n) is 6.39. The Morgan fingerprint density at radius 2 is 2.00 bits per heavy atom. The molecule has 0 aromatic heterocycles. The summed E-state index contributed by atoms with van der Waals surface area (Å²) in [6.07, 6.45) is 0.854. The molecule has 0 radical (unpaired) electrons. The van der Waals surface area contributed by atoms with Crippen molar-refractivity contribution in [1.29, 1.82) is 0 Å². The third kappa shape index (κ3) is 5.49. The highest BCUT2D eigenvalue weighted by Gasteiger charge is 2.01. The predicted octanol–water partition coefficient (Wildman–Crippen LogP) is 3.51. The van der Waals surface area contributed by atoms with Crippen molar-refractivity contribution in [3.05, 3.63) is 53.6 Å². The highest BCUT2D eigenvalue weighted by molar-refractivity contribution is 7.97. The molecule has 2 rings (SSSR count). The summed E-state index contributed by atoms with van der Waals surface area (Å²) in [5.74, 6) is 0.800. The number of carbonyl (C=O) groups excluding carboxylic acids is 1. The molecule has 0 amide bonds. The van der Waals surface area contributed by atoms with Gasteiger partial charge in [-0.05, 0) is 37.1 Å². The first kappa shape index (κ1) is 17.1. The van der Waals surface area contributed by atoms with Gasteiger partial charge in [-0.25, -0.2) is 0 Å². The second kappa shape index (κ2) is 9.05. The molecule has 0 heterocycles. The molecule has 3 N–H and O–H groups in total. The number of aldehydes is 1. The molecule has 0 unspecified atom stereocenters. The second-order valence-electron chi connectivity index (χ2n) is 4.27. The maximum Gasteiger partial charge on any atom is 0.150 e. The van der Waals surface area contributed by atoms with Crippen molar-refractivity contribution < 1.29 is 9.53 Å². The summed E-state index contributed by atoms with van der Waals surface area (Å²) >= 11 is 1.19. The molecule has 2 aromatic carbocycles. The van der Waals surface area contributed by atoms with Gasteiger partial charge >= 0.3 is 0 Å². The molecular formula is C16H20N2O2S. The van der Waals surface area contributed by atoms with Crippen LogP contribution in [0.5, 0.6) is 5.75 Å². The lowest BCUT2D eigenvalue weighted by molar-refractivity contribution is 0.112. The van der Waals surface area contributed by atoms with E-state index in [4.69, 9.17) is 9.88 Å². The minimum atomic E-state index is 0.745. The molecule has 0 aliphatic rings. The number of anilines is 1. The summed E-state index contributed by atoms with van der Waals surface area (Å²) < 4.78 is 5.14. The van der Waals surface area contributed by atoms with Crippen LogP contribution in [0.25, 0.3) is 0 Å². The molecule has 0 spiro atoms. The fourth-order valence-corrected chi connectivity index (χ4v) is 2.07. The Hall–Kier alpha value is -1.98. The zero-order valence-electron chi connectivity index (χ0n) is 12.4. The first-order valence-corrected chi connectivity index (χ1v) is 7.27. The quantitative estimate of drug-likeness (QED) is 0.668. The van der Waals surface area contributed by atoms with Gasteiger partial charge in [0.2, 0.25) is 0 Å². The molecule has 5 heteroatoms. The summed E-state index contributed by atoms with van der Waals surface area (Å²) in [7, 11) is 3.50. The highest BCUT2D eigenvalue weighted by Crippen LogP contribution is 2.28. The van der Waals surface area contributed by atoms with Gasteiger partial charge in [-0.2, -0.15) is 0 Å². The molecule has 21 heavy (non-hydrogen) atoms. The van der Waals surface area contributed by atoms with Crippen molar-refractivity contribution >= 4 is 23.9 Å². The summed E-state index contributed by atoms with van der Waals surface area (Å²) in [6, 6.07) is 13.3. The van der Waals surface area contributed by atoms with Gasteiger partial charge in [0.05, 0.1) is 12.0 Å². The summed E-state index contributed by atoms with van der Waals surface area (Å²) in [5, 5.41) is 8.46. The van der Waals surface area contributed by atoms with Crippen molar-refractivity contribution in [2.24, 2.45) is 5.14 Å². The summed E-state index contributed by atoms with van der Waals surface area (Å²) in [4.78, 5) is 11.1. The minimum Gasteiger partial charge on any atom is -0.495 e. The first-order chi connectivity index (χ1) is 10.1. The van der Waals surface area contributed by atoms with Gasteiger partial charge in [-0.15, -0.1) is 0 Å². The van der Waals surface area contributed by atoms with Gasteiger partial charge in [0.25, 0.3) is 0 Å². The van der Waals surface area contributed by atoms with E-state index in [9.17, 15) is 4.79 Å². The van der Waals surface area contributed by atoms with E-state index in [0.29, 0.717) is 0 Å². The molecule has 4 nitrogen and oxygen atoms in total. The number of aryl methyl sites for hydroxylation is 1. The van der Waals surface area contributed by atoms with Gasteiger partial charge in [-0.3, -0.25) is 9.93 Å². The monoisotopic (exact) mass is 304 g/mol. The van der Waals surface area contributed by atoms with E-state index < -0.39 is 0 Å². The second-order valence-corrected chi connectivity index (χ2v) is 4.94. The van der Waals surface area contributed by atoms with E-state index in [1.54, 1.807) is 13.2 Å². The maximum atomic E-state index is 10.2. The van der Waals surface area contributed by atoms with E-state index >= 15 is 0 Å². The number of benzene rings is 2. The number of hydrogen-bond donors (Lipinski definition) is 2. The molecule has 0 saturated heterocycles. The molecule has 0 atom stereocenters. The lowest BCUT2D eigenvalue weighted by Crippen LogP contribution is -1.92. The number of ether oxygens (including phenoxy) is 1. The largest absolute Gasteiger partial charge is 0.495 e. The van der Waals surface area contributed by atoms with Crippen LogP contribution in [0.4, 0.5) is 5.69 Å². The Kier molecular flexibility index (Phi) is 7.36. The van der Waals surface area contributed by atoms with E-state index in [0.717, 1.165) is 33.7 Å². The third-order valence-electron chi connectivity index (χ3n) is 2.76. The van der Waals surface area contributed by atoms with E-state index in [1.807, 2.05) is 50.4 Å². The van der Waals surface area contributed by atoms with Crippen molar-refractivity contribution in [3.63, 3.8) is 0 Å². The van der Waals surface area contributed by atoms with Crippen molar-refractivity contribution in [2.45, 2.75) is 11.8 Å². The fourth-order valence-electron chi connectivity index (χ4n) is 1.66. The van der Waals surface area contributed by atoms with Crippen LogP contribution < -0.4 is 15.2 Å². The van der Waals surface area contributed by atoms with Crippen LogP contribution in [-0.2, 0) is 0 Å².